The molecule has 0 fully saturated rings. The molecule has 0 aliphatic heterocycles. The molecule has 0 saturated heterocycles. The first kappa shape index (κ1) is 22.9. The maximum Gasteiger partial charge on any atom is 0.284 e. The van der Waals surface area contributed by atoms with E-state index in [1.54, 1.807) is 11.5 Å². The van der Waals surface area contributed by atoms with E-state index in [0.29, 0.717) is 11.4 Å². The molecule has 1 unspecified atom stereocenters. The van der Waals surface area contributed by atoms with Crippen LogP contribution >= 0.6 is 11.3 Å². The van der Waals surface area contributed by atoms with E-state index in [4.69, 9.17) is 5.21 Å². The standard InChI is InChI=1S/C29H25N3O2S/c33-29(32-34)28-14-13-27(35-28)22-10-6-9-21(17-22)19-31-26(18-20-7-2-1-3-8-20)24-15-16-30-25-12-5-4-11-23(24)25/h1-17,26,31,34H,18-19H2,(H,32,33). The Bertz CT molecular complexity index is 1440. The van der Waals surface area contributed by atoms with Crippen molar-refractivity contribution in [1.82, 2.24) is 15.8 Å². The SMILES string of the molecule is O=C(NO)c1ccc(-c2cccc(CNC(Cc3ccccc3)c3ccnc4ccccc34)c2)s1. The van der Waals surface area contributed by atoms with Crippen molar-refractivity contribution >= 4 is 28.1 Å². The highest BCUT2D eigenvalue weighted by molar-refractivity contribution is 7.17. The number of hydroxylamine groups is 1. The molecule has 0 saturated carbocycles. The molecule has 174 valence electrons. The van der Waals surface area contributed by atoms with E-state index < -0.39 is 5.91 Å². The number of hydrogen-bond donors (Lipinski definition) is 3. The predicted octanol–water partition coefficient (Wildman–Crippen LogP) is 6.16. The van der Waals surface area contributed by atoms with Crippen molar-refractivity contribution in [3.05, 3.63) is 125 Å². The van der Waals surface area contributed by atoms with Gasteiger partial charge in [-0.15, -0.1) is 11.3 Å². The van der Waals surface area contributed by atoms with Gasteiger partial charge in [0.05, 0.1) is 10.4 Å². The van der Waals surface area contributed by atoms with Crippen LogP contribution in [0.1, 0.15) is 32.4 Å². The summed E-state index contributed by atoms with van der Waals surface area (Å²) in [6.07, 6.45) is 2.74. The predicted molar refractivity (Wildman–Crippen MR) is 140 cm³/mol. The lowest BCUT2D eigenvalue weighted by atomic mass is 9.95. The summed E-state index contributed by atoms with van der Waals surface area (Å²) in [4.78, 5) is 17.7. The van der Waals surface area contributed by atoms with Crippen LogP contribution in [0.2, 0.25) is 0 Å². The number of hydrogen-bond acceptors (Lipinski definition) is 5. The molecular formula is C29H25N3O2S. The topological polar surface area (TPSA) is 74.2 Å². The number of nitrogens with zero attached hydrogens (tertiary/aromatic N) is 1. The minimum atomic E-state index is -0.493. The average Bonchev–Trinajstić information content (AvgIpc) is 3.42. The van der Waals surface area contributed by atoms with E-state index in [1.165, 1.54) is 22.5 Å². The van der Waals surface area contributed by atoms with Gasteiger partial charge in [0.1, 0.15) is 0 Å². The van der Waals surface area contributed by atoms with Gasteiger partial charge in [-0.05, 0) is 59.0 Å². The number of thiophene rings is 1. The minimum Gasteiger partial charge on any atom is -0.306 e. The zero-order chi connectivity index (χ0) is 24.0. The van der Waals surface area contributed by atoms with E-state index in [9.17, 15) is 4.79 Å². The molecule has 1 atom stereocenters. The Hall–Kier alpha value is -3.84. The number of benzene rings is 3. The second-order valence-electron chi connectivity index (χ2n) is 8.35. The van der Waals surface area contributed by atoms with Gasteiger partial charge in [-0.2, -0.15) is 0 Å². The normalized spacial score (nSPS) is 11.9. The fourth-order valence-corrected chi connectivity index (χ4v) is 5.20. The number of nitrogens with one attached hydrogen (secondary N) is 2. The molecule has 3 N–H and O–H groups in total. The Morgan fingerprint density at radius 3 is 2.54 bits per heavy atom. The van der Waals surface area contributed by atoms with Crippen LogP contribution < -0.4 is 10.8 Å². The third kappa shape index (κ3) is 5.30. The van der Waals surface area contributed by atoms with Crippen LogP contribution in [0.3, 0.4) is 0 Å². The van der Waals surface area contributed by atoms with Gasteiger partial charge in [0, 0.05) is 29.0 Å². The highest BCUT2D eigenvalue weighted by Gasteiger charge is 2.16. The lowest BCUT2D eigenvalue weighted by molar-refractivity contribution is 0.0711. The third-order valence-electron chi connectivity index (χ3n) is 6.04. The lowest BCUT2D eigenvalue weighted by Crippen LogP contribution is -2.23. The van der Waals surface area contributed by atoms with Gasteiger partial charge in [0.25, 0.3) is 5.91 Å². The molecule has 1 amide bonds. The second-order valence-corrected chi connectivity index (χ2v) is 9.43. The molecule has 2 aromatic heterocycles. The molecule has 6 heteroatoms. The van der Waals surface area contributed by atoms with E-state index >= 15 is 0 Å². The second kappa shape index (κ2) is 10.6. The number of carbonyl (C=O) groups excluding carboxylic acids is 1. The van der Waals surface area contributed by atoms with Crippen LogP contribution in [0.25, 0.3) is 21.3 Å². The van der Waals surface area contributed by atoms with Crippen molar-refractivity contribution in [1.29, 1.82) is 0 Å². The molecule has 0 radical (unpaired) electrons. The number of fused-ring (bicyclic) bond motifs is 1. The summed E-state index contributed by atoms with van der Waals surface area (Å²) < 4.78 is 0. The van der Waals surface area contributed by atoms with Crippen molar-refractivity contribution in [3.63, 3.8) is 0 Å². The monoisotopic (exact) mass is 479 g/mol. The molecule has 2 heterocycles. The van der Waals surface area contributed by atoms with Crippen molar-refractivity contribution in [2.24, 2.45) is 0 Å². The van der Waals surface area contributed by atoms with Crippen LogP contribution in [0.4, 0.5) is 0 Å². The number of amides is 1. The van der Waals surface area contributed by atoms with Gasteiger partial charge in [-0.1, -0.05) is 66.7 Å². The van der Waals surface area contributed by atoms with Gasteiger partial charge < -0.3 is 5.32 Å². The average molecular weight is 480 g/mol. The Labute approximate surface area is 208 Å². The fourth-order valence-electron chi connectivity index (χ4n) is 4.31. The van der Waals surface area contributed by atoms with Crippen molar-refractivity contribution in [3.8, 4) is 10.4 Å². The first-order chi connectivity index (χ1) is 17.2. The van der Waals surface area contributed by atoms with Crippen LogP contribution in [0, 0.1) is 0 Å². The molecule has 5 nitrogen and oxygen atoms in total. The first-order valence-corrected chi connectivity index (χ1v) is 12.3. The number of aromatic nitrogens is 1. The van der Waals surface area contributed by atoms with Crippen molar-refractivity contribution in [2.75, 3.05) is 0 Å². The van der Waals surface area contributed by atoms with Crippen molar-refractivity contribution < 1.29 is 10.0 Å². The molecule has 5 rings (SSSR count). The molecular weight excluding hydrogens is 454 g/mol. The highest BCUT2D eigenvalue weighted by atomic mass is 32.1. The minimum absolute atomic E-state index is 0.107. The maximum atomic E-state index is 11.7. The zero-order valence-electron chi connectivity index (χ0n) is 19.0. The molecule has 0 aliphatic carbocycles. The van der Waals surface area contributed by atoms with E-state index in [-0.39, 0.29) is 6.04 Å². The van der Waals surface area contributed by atoms with E-state index in [0.717, 1.165) is 33.3 Å². The third-order valence-corrected chi connectivity index (χ3v) is 7.17. The van der Waals surface area contributed by atoms with Crippen LogP contribution in [0.15, 0.2) is 103 Å². The Morgan fingerprint density at radius 2 is 1.69 bits per heavy atom. The maximum absolute atomic E-state index is 11.7. The summed E-state index contributed by atoms with van der Waals surface area (Å²) in [6.45, 7) is 0.692. The lowest BCUT2D eigenvalue weighted by Gasteiger charge is -2.21. The van der Waals surface area contributed by atoms with Gasteiger partial charge in [0.15, 0.2) is 0 Å². The zero-order valence-corrected chi connectivity index (χ0v) is 19.8. The Balaban J connectivity index is 1.41. The van der Waals surface area contributed by atoms with Gasteiger partial charge in [-0.25, -0.2) is 5.48 Å². The molecule has 0 spiro atoms. The fraction of sp³-hybridized carbons (Fsp3) is 0.103. The summed E-state index contributed by atoms with van der Waals surface area (Å²) in [5.74, 6) is -0.493. The molecule has 0 aliphatic rings. The molecule has 3 aromatic carbocycles. The van der Waals surface area contributed by atoms with Crippen LogP contribution in [0.5, 0.6) is 0 Å². The summed E-state index contributed by atoms with van der Waals surface area (Å²) in [5, 5.41) is 13.8. The number of para-hydroxylation sites is 1. The van der Waals surface area contributed by atoms with Crippen molar-refractivity contribution in [2.45, 2.75) is 19.0 Å². The summed E-state index contributed by atoms with van der Waals surface area (Å²) in [5.41, 5.74) is 7.38. The van der Waals surface area contributed by atoms with Gasteiger partial charge in [0.2, 0.25) is 0 Å². The van der Waals surface area contributed by atoms with Crippen LogP contribution in [-0.2, 0) is 13.0 Å². The quantitative estimate of drug-likeness (QED) is 0.184. The van der Waals surface area contributed by atoms with E-state index in [2.05, 4.69) is 64.9 Å². The summed E-state index contributed by atoms with van der Waals surface area (Å²) in [7, 11) is 0. The number of pyridine rings is 1. The van der Waals surface area contributed by atoms with Crippen LogP contribution in [-0.4, -0.2) is 16.1 Å². The first-order valence-electron chi connectivity index (χ1n) is 11.5. The molecule has 35 heavy (non-hydrogen) atoms. The highest BCUT2D eigenvalue weighted by Crippen LogP contribution is 2.30. The van der Waals surface area contributed by atoms with Gasteiger partial charge >= 0.3 is 0 Å². The molecule has 5 aromatic rings. The number of carbonyl (C=O) groups is 1. The molecule has 0 bridgehead atoms. The summed E-state index contributed by atoms with van der Waals surface area (Å²) in [6, 6.07) is 32.9. The number of rotatable bonds is 8. The Kier molecular flexibility index (Phi) is 6.95. The summed E-state index contributed by atoms with van der Waals surface area (Å²) >= 11 is 1.35. The largest absolute Gasteiger partial charge is 0.306 e. The smallest absolute Gasteiger partial charge is 0.284 e. The van der Waals surface area contributed by atoms with E-state index in [1.807, 2.05) is 42.6 Å². The Morgan fingerprint density at radius 1 is 0.886 bits per heavy atom. The van der Waals surface area contributed by atoms with Gasteiger partial charge in [-0.3, -0.25) is 15.0 Å².